The second kappa shape index (κ2) is 7.21. The minimum absolute atomic E-state index is 0.0395. The van der Waals surface area contributed by atoms with Crippen molar-refractivity contribution in [2.24, 2.45) is 0 Å². The van der Waals surface area contributed by atoms with E-state index in [4.69, 9.17) is 0 Å². The molecule has 0 radical (unpaired) electrons. The van der Waals surface area contributed by atoms with Crippen LogP contribution in [0.2, 0.25) is 0 Å². The second-order valence-electron chi connectivity index (χ2n) is 4.95. The number of hydrogen-bond donors (Lipinski definition) is 1. The van der Waals surface area contributed by atoms with E-state index in [0.29, 0.717) is 21.4 Å². The van der Waals surface area contributed by atoms with Crippen LogP contribution < -0.4 is 5.32 Å². The zero-order valence-corrected chi connectivity index (χ0v) is 14.6. The van der Waals surface area contributed by atoms with Crippen molar-refractivity contribution in [3.63, 3.8) is 0 Å². The van der Waals surface area contributed by atoms with E-state index in [0.717, 1.165) is 11.3 Å². The maximum Gasteiger partial charge on any atom is 0.269 e. The van der Waals surface area contributed by atoms with Crippen LogP contribution in [0.3, 0.4) is 0 Å². The van der Waals surface area contributed by atoms with Crippen molar-refractivity contribution < 1.29 is 4.92 Å². The first-order valence-electron chi connectivity index (χ1n) is 7.06. The number of allylic oxidation sites excluding steroid dienone is 1. The standard InChI is InChI=1S/C16H11N5O2S2/c1-10-8-24-15(19-10)12(6-17)7-18-16-20-14(9-25-16)11-2-4-13(5-3-11)21(22)23/h2-5,7-9H,1H3,(H,18,20)/b12-7+. The van der Waals surface area contributed by atoms with Crippen molar-refractivity contribution in [2.75, 3.05) is 5.32 Å². The Balaban J connectivity index is 1.76. The molecule has 0 atom stereocenters. The fraction of sp³-hybridized carbons (Fsp3) is 0.0625. The van der Waals surface area contributed by atoms with Gasteiger partial charge in [0.2, 0.25) is 0 Å². The number of thiazole rings is 2. The molecular weight excluding hydrogens is 358 g/mol. The van der Waals surface area contributed by atoms with Crippen LogP contribution in [0.1, 0.15) is 10.7 Å². The minimum atomic E-state index is -0.438. The van der Waals surface area contributed by atoms with Crippen LogP contribution in [0.25, 0.3) is 16.8 Å². The summed E-state index contributed by atoms with van der Waals surface area (Å²) in [5.74, 6) is 0. The van der Waals surface area contributed by atoms with E-state index < -0.39 is 4.92 Å². The molecule has 0 saturated heterocycles. The molecule has 3 rings (SSSR count). The second-order valence-corrected chi connectivity index (χ2v) is 6.67. The van der Waals surface area contributed by atoms with Gasteiger partial charge in [-0.05, 0) is 19.1 Å². The SMILES string of the molecule is Cc1csc(/C(C#N)=C/Nc2nc(-c3ccc([N+](=O)[O-])cc3)cs2)n1. The number of nitro groups is 1. The van der Waals surface area contributed by atoms with Crippen molar-refractivity contribution in [1.82, 2.24) is 9.97 Å². The summed E-state index contributed by atoms with van der Waals surface area (Å²) in [4.78, 5) is 19.0. The molecule has 25 heavy (non-hydrogen) atoms. The summed E-state index contributed by atoms with van der Waals surface area (Å²) < 4.78 is 0. The Morgan fingerprint density at radius 1 is 1.28 bits per heavy atom. The number of aryl methyl sites for hydroxylation is 1. The van der Waals surface area contributed by atoms with Crippen molar-refractivity contribution in [1.29, 1.82) is 5.26 Å². The van der Waals surface area contributed by atoms with Crippen molar-refractivity contribution in [3.8, 4) is 17.3 Å². The lowest BCUT2D eigenvalue weighted by atomic mass is 10.1. The highest BCUT2D eigenvalue weighted by molar-refractivity contribution is 7.14. The van der Waals surface area contributed by atoms with Crippen molar-refractivity contribution in [3.05, 3.63) is 62.0 Å². The summed E-state index contributed by atoms with van der Waals surface area (Å²) in [7, 11) is 0. The van der Waals surface area contributed by atoms with Gasteiger partial charge in [-0.1, -0.05) is 0 Å². The average molecular weight is 369 g/mol. The number of nitrogens with zero attached hydrogens (tertiary/aromatic N) is 4. The Hall–Kier alpha value is -3.09. The van der Waals surface area contributed by atoms with Gasteiger partial charge in [0, 0.05) is 40.4 Å². The van der Waals surface area contributed by atoms with E-state index in [1.807, 2.05) is 17.7 Å². The molecule has 0 amide bonds. The van der Waals surface area contributed by atoms with Crippen LogP contribution in [-0.2, 0) is 0 Å². The molecule has 2 aromatic heterocycles. The van der Waals surface area contributed by atoms with Crippen LogP contribution in [0.4, 0.5) is 10.8 Å². The van der Waals surface area contributed by atoms with E-state index in [-0.39, 0.29) is 5.69 Å². The van der Waals surface area contributed by atoms with Gasteiger partial charge in [-0.25, -0.2) is 9.97 Å². The molecule has 3 aromatic rings. The maximum absolute atomic E-state index is 10.7. The van der Waals surface area contributed by atoms with Crippen LogP contribution >= 0.6 is 22.7 Å². The van der Waals surface area contributed by atoms with Crippen LogP contribution in [0, 0.1) is 28.4 Å². The van der Waals surface area contributed by atoms with Gasteiger partial charge >= 0.3 is 0 Å². The van der Waals surface area contributed by atoms with Gasteiger partial charge in [-0.15, -0.1) is 22.7 Å². The highest BCUT2D eigenvalue weighted by atomic mass is 32.1. The number of hydrogen-bond acceptors (Lipinski definition) is 8. The highest BCUT2D eigenvalue weighted by Crippen LogP contribution is 2.27. The molecular formula is C16H11N5O2S2. The third-order valence-electron chi connectivity index (χ3n) is 3.19. The average Bonchev–Trinajstić information content (AvgIpc) is 3.25. The quantitative estimate of drug-likeness (QED) is 0.404. The first-order valence-corrected chi connectivity index (χ1v) is 8.82. The molecule has 0 aliphatic carbocycles. The van der Waals surface area contributed by atoms with E-state index in [1.54, 1.807) is 18.3 Å². The normalized spacial score (nSPS) is 11.1. The Morgan fingerprint density at radius 2 is 2.04 bits per heavy atom. The fourth-order valence-electron chi connectivity index (χ4n) is 1.98. The number of anilines is 1. The molecule has 0 aliphatic heterocycles. The first-order chi connectivity index (χ1) is 12.1. The lowest BCUT2D eigenvalue weighted by Crippen LogP contribution is -1.91. The monoisotopic (exact) mass is 369 g/mol. The van der Waals surface area contributed by atoms with Crippen molar-refractivity contribution >= 4 is 39.1 Å². The third kappa shape index (κ3) is 3.88. The minimum Gasteiger partial charge on any atom is -0.337 e. The Labute approximate surface area is 151 Å². The predicted molar refractivity (Wildman–Crippen MR) is 98.3 cm³/mol. The number of nitrogens with one attached hydrogen (secondary N) is 1. The van der Waals surface area contributed by atoms with Gasteiger partial charge in [0.1, 0.15) is 16.6 Å². The summed E-state index contributed by atoms with van der Waals surface area (Å²) >= 11 is 2.79. The summed E-state index contributed by atoms with van der Waals surface area (Å²) in [6.07, 6.45) is 1.58. The molecule has 0 aliphatic rings. The van der Waals surface area contributed by atoms with Gasteiger partial charge in [0.05, 0.1) is 10.6 Å². The Morgan fingerprint density at radius 3 is 2.64 bits per heavy atom. The predicted octanol–water partition coefficient (Wildman–Crippen LogP) is 4.46. The largest absolute Gasteiger partial charge is 0.337 e. The van der Waals surface area contributed by atoms with Gasteiger partial charge in [-0.2, -0.15) is 5.26 Å². The van der Waals surface area contributed by atoms with Crippen LogP contribution in [0.15, 0.2) is 41.2 Å². The number of aromatic nitrogens is 2. The summed E-state index contributed by atoms with van der Waals surface area (Å²) in [6, 6.07) is 8.32. The molecule has 0 saturated carbocycles. The molecule has 2 heterocycles. The van der Waals surface area contributed by atoms with Gasteiger partial charge < -0.3 is 5.32 Å². The molecule has 0 unspecified atom stereocenters. The number of nitriles is 1. The number of non-ortho nitro benzene ring substituents is 1. The van der Waals surface area contributed by atoms with Gasteiger partial charge in [-0.3, -0.25) is 10.1 Å². The fourth-order valence-corrected chi connectivity index (χ4v) is 3.43. The third-order valence-corrected chi connectivity index (χ3v) is 4.95. The van der Waals surface area contributed by atoms with E-state index in [9.17, 15) is 15.4 Å². The van der Waals surface area contributed by atoms with Crippen molar-refractivity contribution in [2.45, 2.75) is 6.92 Å². The van der Waals surface area contributed by atoms with Gasteiger partial charge in [0.15, 0.2) is 5.13 Å². The molecule has 9 heteroatoms. The van der Waals surface area contributed by atoms with E-state index in [2.05, 4.69) is 21.4 Å². The zero-order chi connectivity index (χ0) is 17.8. The molecule has 1 aromatic carbocycles. The molecule has 124 valence electrons. The summed E-state index contributed by atoms with van der Waals surface area (Å²) in [5.41, 5.74) is 2.84. The highest BCUT2D eigenvalue weighted by Gasteiger charge is 2.09. The van der Waals surface area contributed by atoms with E-state index >= 15 is 0 Å². The summed E-state index contributed by atoms with van der Waals surface area (Å²) in [5, 5.41) is 28.0. The molecule has 1 N–H and O–H groups in total. The lowest BCUT2D eigenvalue weighted by molar-refractivity contribution is -0.384. The Kier molecular flexibility index (Phi) is 4.83. The Bertz CT molecular complexity index is 983. The topological polar surface area (TPSA) is 105 Å². The molecule has 0 bridgehead atoms. The zero-order valence-electron chi connectivity index (χ0n) is 13.0. The van der Waals surface area contributed by atoms with Crippen LogP contribution in [-0.4, -0.2) is 14.9 Å². The smallest absolute Gasteiger partial charge is 0.269 e. The summed E-state index contributed by atoms with van der Waals surface area (Å²) in [6.45, 7) is 1.87. The number of nitro benzene ring substituents is 1. The van der Waals surface area contributed by atoms with Crippen LogP contribution in [0.5, 0.6) is 0 Å². The van der Waals surface area contributed by atoms with E-state index in [1.165, 1.54) is 34.8 Å². The van der Waals surface area contributed by atoms with Gasteiger partial charge in [0.25, 0.3) is 5.69 Å². The maximum atomic E-state index is 10.7. The molecule has 7 nitrogen and oxygen atoms in total. The first kappa shape index (κ1) is 16.8. The lowest BCUT2D eigenvalue weighted by Gasteiger charge is -1.97. The molecule has 0 fully saturated rings. The number of benzene rings is 1. The molecule has 0 spiro atoms. The number of rotatable bonds is 5.